The molecule has 1 aromatic heterocycles. The molecule has 0 N–H and O–H groups in total. The maximum Gasteiger partial charge on any atom is 0.236 e. The molecular weight excluding hydrogens is 258 g/mol. The Morgan fingerprint density at radius 3 is 2.21 bits per heavy atom. The number of benzene rings is 2. The number of aromatic nitrogens is 1. The van der Waals surface area contributed by atoms with Crippen LogP contribution in [0.25, 0.3) is 22.2 Å². The molecule has 19 heavy (non-hydrogen) atoms. The number of nitrogens with zero attached hydrogens (tertiary/aromatic N) is 1. The molecule has 0 aliphatic rings. The van der Waals surface area contributed by atoms with Gasteiger partial charge < -0.3 is 0 Å². The summed E-state index contributed by atoms with van der Waals surface area (Å²) in [7, 11) is -3.35. The van der Waals surface area contributed by atoms with Gasteiger partial charge in [0.2, 0.25) is 10.0 Å². The number of fused-ring (bicyclic) bond motifs is 1. The van der Waals surface area contributed by atoms with Crippen LogP contribution in [0.2, 0.25) is 0 Å². The van der Waals surface area contributed by atoms with Crippen LogP contribution in [0.15, 0.2) is 60.7 Å². The number of hydrogen-bond donors (Lipinski definition) is 0. The molecule has 0 amide bonds. The first-order valence-corrected chi connectivity index (χ1v) is 7.79. The quantitative estimate of drug-likeness (QED) is 0.718. The first kappa shape index (κ1) is 12.0. The van der Waals surface area contributed by atoms with Crippen LogP contribution in [0.3, 0.4) is 0 Å². The minimum atomic E-state index is -3.35. The molecule has 96 valence electrons. The van der Waals surface area contributed by atoms with Gasteiger partial charge in [-0.2, -0.15) is 0 Å². The van der Waals surface area contributed by atoms with Crippen molar-refractivity contribution in [2.45, 2.75) is 0 Å². The minimum Gasteiger partial charge on any atom is -0.237 e. The van der Waals surface area contributed by atoms with E-state index in [1.54, 1.807) is 0 Å². The third kappa shape index (κ3) is 2.04. The summed E-state index contributed by atoms with van der Waals surface area (Å²) < 4.78 is 25.5. The van der Waals surface area contributed by atoms with E-state index < -0.39 is 10.0 Å². The summed E-state index contributed by atoms with van der Waals surface area (Å²) in [5.41, 5.74) is 2.30. The Morgan fingerprint density at radius 1 is 0.895 bits per heavy atom. The molecule has 0 saturated carbocycles. The van der Waals surface area contributed by atoms with Crippen LogP contribution in [0.4, 0.5) is 0 Å². The lowest BCUT2D eigenvalue weighted by molar-refractivity contribution is 0.595. The van der Waals surface area contributed by atoms with Crippen LogP contribution in [0.1, 0.15) is 0 Å². The highest BCUT2D eigenvalue weighted by atomic mass is 32.2. The molecule has 0 saturated heterocycles. The van der Waals surface area contributed by atoms with Crippen molar-refractivity contribution in [1.29, 1.82) is 0 Å². The predicted octanol–water partition coefficient (Wildman–Crippen LogP) is 3.12. The van der Waals surface area contributed by atoms with Gasteiger partial charge in [0, 0.05) is 5.39 Å². The Bertz CT molecular complexity index is 833. The van der Waals surface area contributed by atoms with Crippen molar-refractivity contribution < 1.29 is 8.42 Å². The smallest absolute Gasteiger partial charge is 0.236 e. The van der Waals surface area contributed by atoms with Crippen LogP contribution in [0.5, 0.6) is 0 Å². The Hall–Kier alpha value is -2.07. The van der Waals surface area contributed by atoms with E-state index in [0.29, 0.717) is 11.2 Å². The van der Waals surface area contributed by atoms with Crippen molar-refractivity contribution >= 4 is 20.9 Å². The second kappa shape index (κ2) is 4.24. The van der Waals surface area contributed by atoms with Gasteiger partial charge >= 0.3 is 0 Å². The molecule has 0 aliphatic carbocycles. The second-order valence-corrected chi connectivity index (χ2v) is 6.31. The molecule has 0 unspecified atom stereocenters. The van der Waals surface area contributed by atoms with E-state index in [0.717, 1.165) is 10.9 Å². The molecule has 0 atom stereocenters. The lowest BCUT2D eigenvalue weighted by Gasteiger charge is -2.08. The van der Waals surface area contributed by atoms with Crippen molar-refractivity contribution in [3.05, 3.63) is 60.7 Å². The summed E-state index contributed by atoms with van der Waals surface area (Å²) in [4.78, 5) is 0. The number of hydrogen-bond acceptors (Lipinski definition) is 2. The highest BCUT2D eigenvalue weighted by molar-refractivity contribution is 7.89. The SMILES string of the molecule is CS(=O)(=O)n1c(-c2ccccc2)cc2ccccc21. The van der Waals surface area contributed by atoms with Gasteiger partial charge in [0.1, 0.15) is 0 Å². The van der Waals surface area contributed by atoms with Crippen molar-refractivity contribution in [3.63, 3.8) is 0 Å². The standard InChI is InChI=1S/C15H13NO2S/c1-19(17,18)16-14-10-6-5-9-13(14)11-15(16)12-7-3-2-4-8-12/h2-11H,1H3. The van der Waals surface area contributed by atoms with Crippen molar-refractivity contribution in [3.8, 4) is 11.3 Å². The molecule has 3 rings (SSSR count). The molecular formula is C15H13NO2S. The minimum absolute atomic E-state index is 0.698. The first-order chi connectivity index (χ1) is 9.07. The Balaban J connectivity index is 2.43. The van der Waals surface area contributed by atoms with E-state index in [4.69, 9.17) is 0 Å². The Kier molecular flexibility index (Phi) is 2.68. The molecule has 4 heteroatoms. The Labute approximate surface area is 112 Å². The van der Waals surface area contributed by atoms with E-state index in [9.17, 15) is 8.42 Å². The summed E-state index contributed by atoms with van der Waals surface area (Å²) in [5, 5.41) is 0.923. The first-order valence-electron chi connectivity index (χ1n) is 5.94. The topological polar surface area (TPSA) is 39.1 Å². The molecule has 0 fully saturated rings. The van der Waals surface area contributed by atoms with Gasteiger partial charge in [-0.15, -0.1) is 0 Å². The van der Waals surface area contributed by atoms with Gasteiger partial charge in [0.15, 0.2) is 0 Å². The summed E-state index contributed by atoms with van der Waals surface area (Å²) in [5.74, 6) is 0. The zero-order valence-electron chi connectivity index (χ0n) is 10.4. The lowest BCUT2D eigenvalue weighted by atomic mass is 10.1. The van der Waals surface area contributed by atoms with Crippen molar-refractivity contribution in [2.24, 2.45) is 0 Å². The molecule has 0 spiro atoms. The second-order valence-electron chi connectivity index (χ2n) is 4.48. The third-order valence-electron chi connectivity index (χ3n) is 3.07. The highest BCUT2D eigenvalue weighted by Crippen LogP contribution is 2.29. The van der Waals surface area contributed by atoms with Crippen molar-refractivity contribution in [2.75, 3.05) is 6.26 Å². The van der Waals surface area contributed by atoms with E-state index in [1.165, 1.54) is 10.2 Å². The highest BCUT2D eigenvalue weighted by Gasteiger charge is 2.16. The monoisotopic (exact) mass is 271 g/mol. The lowest BCUT2D eigenvalue weighted by Crippen LogP contribution is -2.10. The zero-order valence-corrected chi connectivity index (χ0v) is 11.3. The normalized spacial score (nSPS) is 11.8. The molecule has 0 aliphatic heterocycles. The Morgan fingerprint density at radius 2 is 1.53 bits per heavy atom. The summed E-state index contributed by atoms with van der Waals surface area (Å²) in [6.45, 7) is 0. The molecule has 0 radical (unpaired) electrons. The van der Waals surface area contributed by atoms with E-state index in [-0.39, 0.29) is 0 Å². The summed E-state index contributed by atoms with van der Waals surface area (Å²) >= 11 is 0. The van der Waals surface area contributed by atoms with Crippen LogP contribution in [-0.2, 0) is 10.0 Å². The van der Waals surface area contributed by atoms with Crippen molar-refractivity contribution in [1.82, 2.24) is 3.97 Å². The van der Waals surface area contributed by atoms with Gasteiger partial charge in [-0.25, -0.2) is 12.4 Å². The average Bonchev–Trinajstić information content (AvgIpc) is 2.79. The van der Waals surface area contributed by atoms with E-state index >= 15 is 0 Å². The van der Waals surface area contributed by atoms with E-state index in [1.807, 2.05) is 60.7 Å². The zero-order chi connectivity index (χ0) is 13.5. The maximum atomic E-state index is 12.1. The number of rotatable bonds is 2. The molecule has 3 aromatic rings. The van der Waals surface area contributed by atoms with Gasteiger partial charge in [-0.3, -0.25) is 0 Å². The fourth-order valence-electron chi connectivity index (χ4n) is 2.30. The molecule has 0 bridgehead atoms. The van der Waals surface area contributed by atoms with Gasteiger partial charge in [-0.05, 0) is 17.7 Å². The van der Waals surface area contributed by atoms with Gasteiger partial charge in [-0.1, -0.05) is 48.5 Å². The largest absolute Gasteiger partial charge is 0.237 e. The van der Waals surface area contributed by atoms with Crippen LogP contribution < -0.4 is 0 Å². The summed E-state index contributed by atoms with van der Waals surface area (Å²) in [6, 6.07) is 18.9. The fourth-order valence-corrected chi connectivity index (χ4v) is 3.34. The summed E-state index contributed by atoms with van der Waals surface area (Å²) in [6.07, 6.45) is 1.23. The number of para-hydroxylation sites is 1. The maximum absolute atomic E-state index is 12.1. The average molecular weight is 271 g/mol. The molecule has 1 heterocycles. The third-order valence-corrected chi connectivity index (χ3v) is 4.12. The van der Waals surface area contributed by atoms with Gasteiger partial charge in [0.25, 0.3) is 0 Å². The van der Waals surface area contributed by atoms with Crippen LogP contribution >= 0.6 is 0 Å². The van der Waals surface area contributed by atoms with Crippen LogP contribution in [0, 0.1) is 0 Å². The molecule has 2 aromatic carbocycles. The molecule has 3 nitrogen and oxygen atoms in total. The van der Waals surface area contributed by atoms with Crippen LogP contribution in [-0.4, -0.2) is 18.6 Å². The van der Waals surface area contributed by atoms with E-state index in [2.05, 4.69) is 0 Å². The fraction of sp³-hybridized carbons (Fsp3) is 0.0667. The van der Waals surface area contributed by atoms with Gasteiger partial charge in [0.05, 0.1) is 17.5 Å². The predicted molar refractivity (Wildman–Crippen MR) is 77.6 cm³/mol.